The summed E-state index contributed by atoms with van der Waals surface area (Å²) >= 11 is 1.72. The fourth-order valence-corrected chi connectivity index (χ4v) is 2.93. The van der Waals surface area contributed by atoms with Crippen molar-refractivity contribution >= 4 is 23.6 Å². The molecular formula is C18H24N4O2S. The minimum absolute atomic E-state index is 0.125. The molecule has 1 aromatic carbocycles. The molecule has 0 bridgehead atoms. The van der Waals surface area contributed by atoms with E-state index in [0.717, 1.165) is 5.76 Å². The molecule has 0 fully saturated rings. The second kappa shape index (κ2) is 9.78. The number of carbonyl (C=O) groups is 1. The van der Waals surface area contributed by atoms with E-state index in [4.69, 9.17) is 4.42 Å². The molecule has 7 heteroatoms. The SMILES string of the molecule is CN=C(NCC(=O)NCc1ccco1)NCc1ccc(C)cc1SC. The lowest BCUT2D eigenvalue weighted by molar-refractivity contribution is -0.120. The van der Waals surface area contributed by atoms with Gasteiger partial charge in [-0.15, -0.1) is 11.8 Å². The number of aliphatic imine (C=N–C) groups is 1. The molecular weight excluding hydrogens is 336 g/mol. The van der Waals surface area contributed by atoms with Gasteiger partial charge in [0.15, 0.2) is 5.96 Å². The van der Waals surface area contributed by atoms with Crippen molar-refractivity contribution in [2.24, 2.45) is 4.99 Å². The predicted octanol–water partition coefficient (Wildman–Crippen LogP) is 2.29. The minimum atomic E-state index is -0.125. The Morgan fingerprint density at radius 2 is 2.04 bits per heavy atom. The summed E-state index contributed by atoms with van der Waals surface area (Å²) in [5, 5.41) is 9.02. The van der Waals surface area contributed by atoms with Crippen LogP contribution in [0.5, 0.6) is 0 Å². The zero-order chi connectivity index (χ0) is 18.1. The number of nitrogens with one attached hydrogen (secondary N) is 3. The Kier molecular flexibility index (Phi) is 7.40. The van der Waals surface area contributed by atoms with Gasteiger partial charge in [-0.1, -0.05) is 12.1 Å². The van der Waals surface area contributed by atoms with E-state index < -0.39 is 0 Å². The van der Waals surface area contributed by atoms with Crippen molar-refractivity contribution in [3.05, 3.63) is 53.5 Å². The van der Waals surface area contributed by atoms with Gasteiger partial charge in [-0.2, -0.15) is 0 Å². The molecule has 0 saturated carbocycles. The Morgan fingerprint density at radius 3 is 2.72 bits per heavy atom. The van der Waals surface area contributed by atoms with Crippen LogP contribution in [0.3, 0.4) is 0 Å². The number of nitrogens with zero attached hydrogens (tertiary/aromatic N) is 1. The maximum absolute atomic E-state index is 11.9. The third kappa shape index (κ3) is 6.19. The number of aryl methyl sites for hydroxylation is 1. The van der Waals surface area contributed by atoms with Crippen molar-refractivity contribution in [1.29, 1.82) is 0 Å². The summed E-state index contributed by atoms with van der Waals surface area (Å²) in [5.41, 5.74) is 2.44. The zero-order valence-electron chi connectivity index (χ0n) is 14.8. The Labute approximate surface area is 152 Å². The first-order valence-corrected chi connectivity index (χ1v) is 9.22. The number of hydrogen-bond donors (Lipinski definition) is 3. The molecule has 0 spiro atoms. The van der Waals surface area contributed by atoms with E-state index >= 15 is 0 Å². The Bertz CT molecular complexity index is 714. The van der Waals surface area contributed by atoms with Crippen LogP contribution in [0.4, 0.5) is 0 Å². The molecule has 6 nitrogen and oxygen atoms in total. The highest BCUT2D eigenvalue weighted by molar-refractivity contribution is 7.98. The summed E-state index contributed by atoms with van der Waals surface area (Å²) in [6.45, 7) is 3.24. The molecule has 25 heavy (non-hydrogen) atoms. The molecule has 1 heterocycles. The van der Waals surface area contributed by atoms with Crippen LogP contribution < -0.4 is 16.0 Å². The largest absolute Gasteiger partial charge is 0.467 e. The van der Waals surface area contributed by atoms with Crippen LogP contribution in [0.25, 0.3) is 0 Å². The fraction of sp³-hybridized carbons (Fsp3) is 0.333. The van der Waals surface area contributed by atoms with E-state index in [1.165, 1.54) is 16.0 Å². The van der Waals surface area contributed by atoms with Crippen molar-refractivity contribution in [1.82, 2.24) is 16.0 Å². The van der Waals surface area contributed by atoms with Gasteiger partial charge in [0, 0.05) is 18.5 Å². The zero-order valence-corrected chi connectivity index (χ0v) is 15.6. The van der Waals surface area contributed by atoms with E-state index in [9.17, 15) is 4.79 Å². The van der Waals surface area contributed by atoms with Crippen molar-refractivity contribution in [2.45, 2.75) is 24.9 Å². The maximum Gasteiger partial charge on any atom is 0.239 e. The number of rotatable bonds is 7. The number of amides is 1. The molecule has 0 unspecified atom stereocenters. The lowest BCUT2D eigenvalue weighted by Gasteiger charge is -2.14. The normalized spacial score (nSPS) is 11.2. The molecule has 0 aliphatic carbocycles. The minimum Gasteiger partial charge on any atom is -0.467 e. The highest BCUT2D eigenvalue weighted by atomic mass is 32.2. The summed E-state index contributed by atoms with van der Waals surface area (Å²) in [6, 6.07) is 9.98. The predicted molar refractivity (Wildman–Crippen MR) is 102 cm³/mol. The lowest BCUT2D eigenvalue weighted by Crippen LogP contribution is -2.42. The summed E-state index contributed by atoms with van der Waals surface area (Å²) in [7, 11) is 1.68. The topological polar surface area (TPSA) is 78.7 Å². The van der Waals surface area contributed by atoms with Crippen LogP contribution in [-0.4, -0.2) is 31.7 Å². The van der Waals surface area contributed by atoms with E-state index in [0.29, 0.717) is 19.0 Å². The molecule has 0 aliphatic rings. The highest BCUT2D eigenvalue weighted by Gasteiger charge is 2.06. The first kappa shape index (κ1) is 18.9. The van der Waals surface area contributed by atoms with Crippen LogP contribution in [0.2, 0.25) is 0 Å². The van der Waals surface area contributed by atoms with E-state index in [-0.39, 0.29) is 12.5 Å². The van der Waals surface area contributed by atoms with Crippen molar-refractivity contribution in [3.8, 4) is 0 Å². The average Bonchev–Trinajstić information content (AvgIpc) is 3.14. The second-order valence-corrected chi connectivity index (χ2v) is 6.30. The average molecular weight is 360 g/mol. The van der Waals surface area contributed by atoms with Gasteiger partial charge < -0.3 is 20.4 Å². The number of guanidine groups is 1. The standard InChI is InChI=1S/C18H24N4O2S/c1-13-6-7-14(16(9-13)25-3)10-21-18(19-2)22-12-17(23)20-11-15-5-4-8-24-15/h4-9H,10-12H2,1-3H3,(H,20,23)(H2,19,21,22). The van der Waals surface area contributed by atoms with Crippen molar-refractivity contribution < 1.29 is 9.21 Å². The monoisotopic (exact) mass is 360 g/mol. The summed E-state index contributed by atoms with van der Waals surface area (Å²) in [5.74, 6) is 1.18. The Balaban J connectivity index is 1.77. The van der Waals surface area contributed by atoms with Gasteiger partial charge in [0.25, 0.3) is 0 Å². The molecule has 0 atom stereocenters. The lowest BCUT2D eigenvalue weighted by atomic mass is 10.1. The van der Waals surface area contributed by atoms with E-state index in [1.807, 2.05) is 6.07 Å². The van der Waals surface area contributed by atoms with Gasteiger partial charge in [0.1, 0.15) is 5.76 Å². The molecule has 1 aromatic heterocycles. The maximum atomic E-state index is 11.9. The quantitative estimate of drug-likeness (QED) is 0.401. The fourth-order valence-electron chi connectivity index (χ4n) is 2.22. The number of carbonyl (C=O) groups excluding carboxylic acids is 1. The number of furan rings is 1. The third-order valence-electron chi connectivity index (χ3n) is 3.57. The smallest absolute Gasteiger partial charge is 0.239 e. The van der Waals surface area contributed by atoms with Gasteiger partial charge in [0.05, 0.1) is 19.4 Å². The first-order chi connectivity index (χ1) is 12.1. The summed E-state index contributed by atoms with van der Waals surface area (Å²) < 4.78 is 5.18. The van der Waals surface area contributed by atoms with Crippen LogP contribution in [-0.2, 0) is 17.9 Å². The highest BCUT2D eigenvalue weighted by Crippen LogP contribution is 2.21. The van der Waals surface area contributed by atoms with Crippen molar-refractivity contribution in [3.63, 3.8) is 0 Å². The van der Waals surface area contributed by atoms with Crippen LogP contribution >= 0.6 is 11.8 Å². The third-order valence-corrected chi connectivity index (χ3v) is 4.39. The molecule has 134 valence electrons. The number of benzene rings is 1. The van der Waals surface area contributed by atoms with Gasteiger partial charge in [-0.05, 0) is 42.5 Å². The van der Waals surface area contributed by atoms with Gasteiger partial charge in [-0.3, -0.25) is 9.79 Å². The molecule has 2 aromatic rings. The summed E-state index contributed by atoms with van der Waals surface area (Å²) in [4.78, 5) is 17.3. The van der Waals surface area contributed by atoms with E-state index in [1.54, 1.807) is 31.1 Å². The first-order valence-electron chi connectivity index (χ1n) is 7.99. The molecule has 0 radical (unpaired) electrons. The Morgan fingerprint density at radius 1 is 1.20 bits per heavy atom. The second-order valence-electron chi connectivity index (χ2n) is 5.45. The molecule has 2 rings (SSSR count). The molecule has 1 amide bonds. The van der Waals surface area contributed by atoms with E-state index in [2.05, 4.69) is 52.3 Å². The van der Waals surface area contributed by atoms with Crippen molar-refractivity contribution in [2.75, 3.05) is 19.8 Å². The molecule has 0 saturated heterocycles. The number of hydrogen-bond acceptors (Lipinski definition) is 4. The van der Waals surface area contributed by atoms with Gasteiger partial charge >= 0.3 is 0 Å². The number of thioether (sulfide) groups is 1. The molecule has 3 N–H and O–H groups in total. The van der Waals surface area contributed by atoms with Crippen LogP contribution in [0.1, 0.15) is 16.9 Å². The van der Waals surface area contributed by atoms with Crippen LogP contribution in [0, 0.1) is 6.92 Å². The Hall–Kier alpha value is -2.41. The van der Waals surface area contributed by atoms with Gasteiger partial charge in [0.2, 0.25) is 5.91 Å². The summed E-state index contributed by atoms with van der Waals surface area (Å²) in [6.07, 6.45) is 3.65. The van der Waals surface area contributed by atoms with Crippen LogP contribution in [0.15, 0.2) is 50.9 Å². The van der Waals surface area contributed by atoms with Gasteiger partial charge in [-0.25, -0.2) is 0 Å². The molecule has 0 aliphatic heterocycles.